The van der Waals surface area contributed by atoms with Crippen LogP contribution in [0.1, 0.15) is 32.0 Å². The van der Waals surface area contributed by atoms with Gasteiger partial charge in [0.1, 0.15) is 0 Å². The van der Waals surface area contributed by atoms with Crippen LogP contribution in [0.3, 0.4) is 0 Å². The molecule has 1 aromatic carbocycles. The first-order chi connectivity index (χ1) is 8.79. The maximum Gasteiger partial charge on any atom is 0.152 e. The van der Waals surface area contributed by atoms with E-state index in [0.29, 0.717) is 5.69 Å². The maximum atomic E-state index is 6.00. The Bertz CT molecular complexity index is 573. The summed E-state index contributed by atoms with van der Waals surface area (Å²) in [5.41, 5.74) is 10.0. The van der Waals surface area contributed by atoms with Gasteiger partial charge in [-0.05, 0) is 30.0 Å². The fourth-order valence-corrected chi connectivity index (χ4v) is 2.01. The minimum atomic E-state index is 0.167. The van der Waals surface area contributed by atoms with Gasteiger partial charge in [0.05, 0.1) is 11.4 Å². The highest BCUT2D eigenvalue weighted by molar-refractivity contribution is 5.71. The molecule has 0 radical (unpaired) electrons. The van der Waals surface area contributed by atoms with Crippen molar-refractivity contribution in [3.63, 3.8) is 0 Å². The second-order valence-corrected chi connectivity index (χ2v) is 5.92. The van der Waals surface area contributed by atoms with Crippen molar-refractivity contribution in [1.82, 2.24) is 9.78 Å². The molecule has 4 heteroatoms. The molecule has 1 heterocycles. The van der Waals surface area contributed by atoms with Gasteiger partial charge >= 0.3 is 0 Å². The van der Waals surface area contributed by atoms with Gasteiger partial charge in [-0.25, -0.2) is 0 Å². The number of anilines is 3. The van der Waals surface area contributed by atoms with Gasteiger partial charge in [0.2, 0.25) is 0 Å². The molecule has 0 saturated carbocycles. The molecule has 0 atom stereocenters. The average molecular weight is 258 g/mol. The molecule has 0 fully saturated rings. The smallest absolute Gasteiger partial charge is 0.152 e. The number of nitrogen functional groups attached to an aromatic ring is 1. The average Bonchev–Trinajstić information content (AvgIpc) is 2.56. The van der Waals surface area contributed by atoms with Gasteiger partial charge in [-0.2, -0.15) is 5.10 Å². The fraction of sp³-hybridized carbons (Fsp3) is 0.400. The zero-order valence-electron chi connectivity index (χ0n) is 12.3. The molecule has 2 rings (SSSR count). The fourth-order valence-electron chi connectivity index (χ4n) is 2.01. The van der Waals surface area contributed by atoms with E-state index in [4.69, 9.17) is 5.73 Å². The summed E-state index contributed by atoms with van der Waals surface area (Å²) in [6, 6.07) is 8.42. The molecule has 102 valence electrons. The first kappa shape index (κ1) is 13.5. The lowest BCUT2D eigenvalue weighted by molar-refractivity contribution is 0.590. The lowest BCUT2D eigenvalue weighted by Crippen LogP contribution is -2.10. The number of aromatic nitrogens is 2. The topological polar surface area (TPSA) is 55.9 Å². The van der Waals surface area contributed by atoms with Crippen LogP contribution in [0.2, 0.25) is 0 Å². The number of nitrogens with zero attached hydrogens (tertiary/aromatic N) is 2. The van der Waals surface area contributed by atoms with E-state index >= 15 is 0 Å². The van der Waals surface area contributed by atoms with Crippen LogP contribution in [-0.4, -0.2) is 9.78 Å². The van der Waals surface area contributed by atoms with Crippen LogP contribution in [0.25, 0.3) is 0 Å². The number of nitrogens with two attached hydrogens (primary N) is 1. The second kappa shape index (κ2) is 4.61. The normalized spacial score (nSPS) is 11.6. The van der Waals surface area contributed by atoms with E-state index in [1.807, 2.05) is 14.0 Å². The van der Waals surface area contributed by atoms with E-state index in [1.54, 1.807) is 4.68 Å². The molecule has 0 bridgehead atoms. The van der Waals surface area contributed by atoms with Crippen LogP contribution in [0.5, 0.6) is 0 Å². The molecule has 0 aliphatic carbocycles. The Kier molecular flexibility index (Phi) is 3.27. The van der Waals surface area contributed by atoms with Crippen molar-refractivity contribution in [3.8, 4) is 0 Å². The SMILES string of the molecule is Cc1nn(C)c(Nc2ccc(C(C)(C)C)cc2)c1N. The van der Waals surface area contributed by atoms with Crippen molar-refractivity contribution in [3.05, 3.63) is 35.5 Å². The number of nitrogens with one attached hydrogen (secondary N) is 1. The van der Waals surface area contributed by atoms with E-state index in [9.17, 15) is 0 Å². The predicted octanol–water partition coefficient (Wildman–Crippen LogP) is 3.35. The molecule has 0 unspecified atom stereocenters. The summed E-state index contributed by atoms with van der Waals surface area (Å²) in [6.07, 6.45) is 0. The number of hydrogen-bond donors (Lipinski definition) is 2. The van der Waals surface area contributed by atoms with Crippen LogP contribution in [0.4, 0.5) is 17.2 Å². The van der Waals surface area contributed by atoms with E-state index in [-0.39, 0.29) is 5.41 Å². The van der Waals surface area contributed by atoms with Gasteiger partial charge in [0, 0.05) is 12.7 Å². The lowest BCUT2D eigenvalue weighted by atomic mass is 9.87. The summed E-state index contributed by atoms with van der Waals surface area (Å²) in [7, 11) is 1.88. The third kappa shape index (κ3) is 2.72. The molecule has 0 aliphatic heterocycles. The summed E-state index contributed by atoms with van der Waals surface area (Å²) in [5, 5.41) is 7.61. The molecule has 4 nitrogen and oxygen atoms in total. The van der Waals surface area contributed by atoms with Crippen LogP contribution in [0, 0.1) is 6.92 Å². The molecule has 0 saturated heterocycles. The van der Waals surface area contributed by atoms with Crippen molar-refractivity contribution in [1.29, 1.82) is 0 Å². The van der Waals surface area contributed by atoms with E-state index in [0.717, 1.165) is 17.2 Å². The standard InChI is InChI=1S/C15H22N4/c1-10-13(16)14(19(5)18-10)17-12-8-6-11(7-9-12)15(2,3)4/h6-9,17H,16H2,1-5H3. The Morgan fingerprint density at radius 3 is 2.16 bits per heavy atom. The Hall–Kier alpha value is -1.97. The van der Waals surface area contributed by atoms with E-state index in [1.165, 1.54) is 5.56 Å². The van der Waals surface area contributed by atoms with Crippen LogP contribution >= 0.6 is 0 Å². The van der Waals surface area contributed by atoms with Gasteiger partial charge in [0.25, 0.3) is 0 Å². The second-order valence-electron chi connectivity index (χ2n) is 5.92. The Morgan fingerprint density at radius 1 is 1.16 bits per heavy atom. The summed E-state index contributed by atoms with van der Waals surface area (Å²) in [6.45, 7) is 8.52. The largest absolute Gasteiger partial charge is 0.394 e. The molecular formula is C15H22N4. The monoisotopic (exact) mass is 258 g/mol. The molecule has 2 aromatic rings. The number of rotatable bonds is 2. The van der Waals surface area contributed by atoms with Gasteiger partial charge in [-0.1, -0.05) is 32.9 Å². The number of hydrogen-bond acceptors (Lipinski definition) is 3. The Balaban J connectivity index is 2.25. The highest BCUT2D eigenvalue weighted by Gasteiger charge is 2.14. The van der Waals surface area contributed by atoms with Crippen molar-refractivity contribution in [2.24, 2.45) is 7.05 Å². The summed E-state index contributed by atoms with van der Waals surface area (Å²) in [5.74, 6) is 0.834. The third-order valence-corrected chi connectivity index (χ3v) is 3.28. The first-order valence-corrected chi connectivity index (χ1v) is 6.45. The molecule has 0 amide bonds. The molecule has 3 N–H and O–H groups in total. The predicted molar refractivity (Wildman–Crippen MR) is 80.8 cm³/mol. The number of aryl methyl sites for hydroxylation is 2. The minimum absolute atomic E-state index is 0.167. The van der Waals surface area contributed by atoms with Crippen molar-refractivity contribution in [2.75, 3.05) is 11.1 Å². The molecule has 1 aromatic heterocycles. The van der Waals surface area contributed by atoms with Gasteiger partial charge in [-0.3, -0.25) is 4.68 Å². The van der Waals surface area contributed by atoms with Gasteiger partial charge in [-0.15, -0.1) is 0 Å². The van der Waals surface area contributed by atoms with Crippen molar-refractivity contribution in [2.45, 2.75) is 33.1 Å². The minimum Gasteiger partial charge on any atom is -0.394 e. The quantitative estimate of drug-likeness (QED) is 0.868. The lowest BCUT2D eigenvalue weighted by Gasteiger charge is -2.19. The Morgan fingerprint density at radius 2 is 1.74 bits per heavy atom. The Labute approximate surface area is 114 Å². The van der Waals surface area contributed by atoms with Crippen LogP contribution in [0.15, 0.2) is 24.3 Å². The van der Waals surface area contributed by atoms with Gasteiger partial charge in [0.15, 0.2) is 5.82 Å². The highest BCUT2D eigenvalue weighted by Crippen LogP contribution is 2.27. The molecule has 0 aliphatic rings. The summed E-state index contributed by atoms with van der Waals surface area (Å²) >= 11 is 0. The van der Waals surface area contributed by atoms with Crippen molar-refractivity contribution >= 4 is 17.2 Å². The summed E-state index contributed by atoms with van der Waals surface area (Å²) < 4.78 is 1.77. The van der Waals surface area contributed by atoms with Crippen molar-refractivity contribution < 1.29 is 0 Å². The third-order valence-electron chi connectivity index (χ3n) is 3.28. The van der Waals surface area contributed by atoms with E-state index < -0.39 is 0 Å². The molecule has 0 spiro atoms. The highest BCUT2D eigenvalue weighted by atomic mass is 15.3. The van der Waals surface area contributed by atoms with Crippen LogP contribution in [-0.2, 0) is 12.5 Å². The zero-order valence-corrected chi connectivity index (χ0v) is 12.3. The van der Waals surface area contributed by atoms with Crippen LogP contribution < -0.4 is 11.1 Å². The molecular weight excluding hydrogens is 236 g/mol. The summed E-state index contributed by atoms with van der Waals surface area (Å²) in [4.78, 5) is 0. The maximum absolute atomic E-state index is 6.00. The number of benzene rings is 1. The van der Waals surface area contributed by atoms with Gasteiger partial charge < -0.3 is 11.1 Å². The van der Waals surface area contributed by atoms with E-state index in [2.05, 4.69) is 55.5 Å². The molecule has 19 heavy (non-hydrogen) atoms. The zero-order chi connectivity index (χ0) is 14.2. The first-order valence-electron chi connectivity index (χ1n) is 6.45.